The van der Waals surface area contributed by atoms with E-state index in [4.69, 9.17) is 5.73 Å². The van der Waals surface area contributed by atoms with Gasteiger partial charge in [0.25, 0.3) is 0 Å². The standard InChI is InChI=1S/C12H26N2O3S2/c1-11(2,3)18(15)14-12(9-13)7-5-10(6-8-12)19(4,16)17/h10,14H,5-9,13H2,1-4H3. The summed E-state index contributed by atoms with van der Waals surface area (Å²) in [5.74, 6) is 0. The first-order valence-corrected chi connectivity index (χ1v) is 9.69. The first kappa shape index (κ1) is 17.1. The number of hydrogen-bond acceptors (Lipinski definition) is 4. The van der Waals surface area contributed by atoms with Crippen LogP contribution in [0.4, 0.5) is 0 Å². The number of sulfone groups is 1. The predicted molar refractivity (Wildman–Crippen MR) is 79.9 cm³/mol. The zero-order valence-electron chi connectivity index (χ0n) is 12.2. The van der Waals surface area contributed by atoms with Gasteiger partial charge in [0, 0.05) is 18.3 Å². The highest BCUT2D eigenvalue weighted by molar-refractivity contribution is 7.91. The minimum atomic E-state index is -2.99. The molecule has 0 bridgehead atoms. The molecular weight excluding hydrogens is 284 g/mol. The maximum absolute atomic E-state index is 12.2. The van der Waals surface area contributed by atoms with Gasteiger partial charge in [-0.1, -0.05) is 0 Å². The normalized spacial score (nSPS) is 31.1. The van der Waals surface area contributed by atoms with Gasteiger partial charge in [0.05, 0.1) is 21.0 Å². The van der Waals surface area contributed by atoms with E-state index >= 15 is 0 Å². The van der Waals surface area contributed by atoms with E-state index in [0.717, 1.165) is 0 Å². The van der Waals surface area contributed by atoms with E-state index in [1.54, 1.807) is 0 Å². The van der Waals surface area contributed by atoms with Crippen LogP contribution in [0.1, 0.15) is 46.5 Å². The molecule has 0 radical (unpaired) electrons. The number of nitrogens with two attached hydrogens (primary N) is 1. The molecule has 0 spiro atoms. The van der Waals surface area contributed by atoms with E-state index in [1.165, 1.54) is 6.26 Å². The van der Waals surface area contributed by atoms with Gasteiger partial charge in [-0.05, 0) is 46.5 Å². The van der Waals surface area contributed by atoms with E-state index in [1.807, 2.05) is 20.8 Å². The van der Waals surface area contributed by atoms with E-state index in [2.05, 4.69) is 4.72 Å². The van der Waals surface area contributed by atoms with E-state index in [-0.39, 0.29) is 15.5 Å². The van der Waals surface area contributed by atoms with Gasteiger partial charge >= 0.3 is 0 Å². The van der Waals surface area contributed by atoms with E-state index < -0.39 is 20.8 Å². The summed E-state index contributed by atoms with van der Waals surface area (Å²) in [6.07, 6.45) is 3.77. The van der Waals surface area contributed by atoms with Crippen molar-refractivity contribution in [1.29, 1.82) is 0 Å². The van der Waals surface area contributed by atoms with Crippen LogP contribution < -0.4 is 10.5 Å². The lowest BCUT2D eigenvalue weighted by Crippen LogP contribution is -2.57. The molecule has 1 rings (SSSR count). The molecule has 0 heterocycles. The van der Waals surface area contributed by atoms with Crippen molar-refractivity contribution in [3.8, 4) is 0 Å². The maximum Gasteiger partial charge on any atom is 0.150 e. The summed E-state index contributed by atoms with van der Waals surface area (Å²) in [6.45, 7) is 6.10. The molecule has 0 aromatic carbocycles. The SMILES string of the molecule is CC(C)(C)S(=O)NC1(CN)CCC(S(C)(=O)=O)CC1. The fourth-order valence-electron chi connectivity index (χ4n) is 2.27. The fraction of sp³-hybridized carbons (Fsp3) is 1.00. The smallest absolute Gasteiger partial charge is 0.150 e. The Balaban J connectivity index is 2.74. The van der Waals surface area contributed by atoms with Crippen molar-refractivity contribution in [1.82, 2.24) is 4.72 Å². The number of hydrogen-bond donors (Lipinski definition) is 2. The van der Waals surface area contributed by atoms with Crippen LogP contribution in [0.25, 0.3) is 0 Å². The van der Waals surface area contributed by atoms with Crippen molar-refractivity contribution < 1.29 is 12.6 Å². The Morgan fingerprint density at radius 1 is 1.32 bits per heavy atom. The molecular formula is C12H26N2O3S2. The molecule has 1 aliphatic rings. The molecule has 1 saturated carbocycles. The highest BCUT2D eigenvalue weighted by Gasteiger charge is 2.39. The van der Waals surface area contributed by atoms with Gasteiger partial charge in [-0.15, -0.1) is 0 Å². The van der Waals surface area contributed by atoms with E-state index in [9.17, 15) is 12.6 Å². The van der Waals surface area contributed by atoms with Crippen LogP contribution in [0.3, 0.4) is 0 Å². The third-order valence-electron chi connectivity index (χ3n) is 3.75. The lowest BCUT2D eigenvalue weighted by atomic mass is 9.82. The molecule has 1 aliphatic carbocycles. The lowest BCUT2D eigenvalue weighted by Gasteiger charge is -2.40. The molecule has 19 heavy (non-hydrogen) atoms. The minimum Gasteiger partial charge on any atom is -0.329 e. The second-order valence-electron chi connectivity index (χ2n) is 6.50. The summed E-state index contributed by atoms with van der Waals surface area (Å²) >= 11 is 0. The Hall–Kier alpha value is 0.0200. The molecule has 0 amide bonds. The third-order valence-corrected chi connectivity index (χ3v) is 7.16. The van der Waals surface area contributed by atoms with Crippen LogP contribution in [-0.2, 0) is 20.8 Å². The van der Waals surface area contributed by atoms with Crippen LogP contribution in [0.2, 0.25) is 0 Å². The Morgan fingerprint density at radius 3 is 2.11 bits per heavy atom. The summed E-state index contributed by atoms with van der Waals surface area (Å²) < 4.78 is 38.1. The summed E-state index contributed by atoms with van der Waals surface area (Å²) in [5, 5.41) is -0.281. The quantitative estimate of drug-likeness (QED) is 0.801. The molecule has 0 aromatic rings. The summed E-state index contributed by atoms with van der Waals surface area (Å²) in [7, 11) is -4.17. The molecule has 5 nitrogen and oxygen atoms in total. The molecule has 1 fully saturated rings. The first-order valence-electron chi connectivity index (χ1n) is 6.59. The third kappa shape index (κ3) is 4.51. The van der Waals surface area contributed by atoms with Gasteiger partial charge in [0.2, 0.25) is 0 Å². The second-order valence-corrected chi connectivity index (χ2v) is 10.8. The van der Waals surface area contributed by atoms with Crippen molar-refractivity contribution >= 4 is 20.8 Å². The van der Waals surface area contributed by atoms with Crippen LogP contribution >= 0.6 is 0 Å². The Labute approximate surface area is 119 Å². The Morgan fingerprint density at radius 2 is 1.79 bits per heavy atom. The zero-order valence-corrected chi connectivity index (χ0v) is 13.9. The average molecular weight is 310 g/mol. The molecule has 0 aromatic heterocycles. The van der Waals surface area contributed by atoms with E-state index in [0.29, 0.717) is 32.2 Å². The summed E-state index contributed by atoms with van der Waals surface area (Å²) in [6, 6.07) is 0. The van der Waals surface area contributed by atoms with Gasteiger partial charge in [0.1, 0.15) is 9.84 Å². The molecule has 114 valence electrons. The number of rotatable bonds is 4. The van der Waals surface area contributed by atoms with Gasteiger partial charge in [0.15, 0.2) is 0 Å². The topological polar surface area (TPSA) is 89.3 Å². The summed E-state index contributed by atoms with van der Waals surface area (Å²) in [4.78, 5) is 0. The fourth-order valence-corrected chi connectivity index (χ4v) is 4.35. The Kier molecular flexibility index (Phi) is 5.20. The molecule has 7 heteroatoms. The van der Waals surface area contributed by atoms with Gasteiger partial charge in [-0.2, -0.15) is 0 Å². The molecule has 1 unspecified atom stereocenters. The van der Waals surface area contributed by atoms with Crippen LogP contribution in [0.15, 0.2) is 0 Å². The second kappa shape index (κ2) is 5.79. The highest BCUT2D eigenvalue weighted by atomic mass is 32.2. The highest BCUT2D eigenvalue weighted by Crippen LogP contribution is 2.32. The molecule has 0 saturated heterocycles. The van der Waals surface area contributed by atoms with Crippen LogP contribution in [0, 0.1) is 0 Å². The van der Waals surface area contributed by atoms with Gasteiger partial charge in [-0.25, -0.2) is 17.3 Å². The van der Waals surface area contributed by atoms with Crippen molar-refractivity contribution in [2.45, 2.75) is 62.0 Å². The average Bonchev–Trinajstić information content (AvgIpc) is 2.27. The minimum absolute atomic E-state index is 0.281. The Bertz CT molecular complexity index is 432. The van der Waals surface area contributed by atoms with Crippen molar-refractivity contribution in [2.75, 3.05) is 12.8 Å². The van der Waals surface area contributed by atoms with Gasteiger partial charge < -0.3 is 5.73 Å². The predicted octanol–water partition coefficient (Wildman–Crippen LogP) is 0.723. The summed E-state index contributed by atoms with van der Waals surface area (Å²) in [5.41, 5.74) is 5.45. The van der Waals surface area contributed by atoms with Crippen molar-refractivity contribution in [3.05, 3.63) is 0 Å². The zero-order chi connectivity index (χ0) is 14.9. The van der Waals surface area contributed by atoms with Crippen molar-refractivity contribution in [2.24, 2.45) is 5.73 Å². The van der Waals surface area contributed by atoms with Crippen molar-refractivity contribution in [3.63, 3.8) is 0 Å². The monoisotopic (exact) mass is 310 g/mol. The number of nitrogens with one attached hydrogen (secondary N) is 1. The van der Waals surface area contributed by atoms with Crippen LogP contribution in [0.5, 0.6) is 0 Å². The largest absolute Gasteiger partial charge is 0.329 e. The maximum atomic E-state index is 12.2. The first-order chi connectivity index (χ1) is 8.50. The molecule has 3 N–H and O–H groups in total. The lowest BCUT2D eigenvalue weighted by molar-refractivity contribution is 0.280. The van der Waals surface area contributed by atoms with Gasteiger partial charge in [-0.3, -0.25) is 0 Å². The molecule has 0 aliphatic heterocycles. The molecule has 1 atom stereocenters. The van der Waals surface area contributed by atoms with Crippen LogP contribution in [-0.4, -0.2) is 41.0 Å².